The van der Waals surface area contributed by atoms with Crippen molar-refractivity contribution in [3.63, 3.8) is 0 Å². The summed E-state index contributed by atoms with van der Waals surface area (Å²) in [6.07, 6.45) is 12.7. The fourth-order valence-electron chi connectivity index (χ4n) is 3.92. The number of benzene rings is 1. The number of unbranched alkanes of at least 4 members (excludes halogenated alkanes) is 1. The molecule has 6 nitrogen and oxygen atoms in total. The van der Waals surface area contributed by atoms with Gasteiger partial charge in [0.15, 0.2) is 11.6 Å². The van der Waals surface area contributed by atoms with Gasteiger partial charge in [0.2, 0.25) is 5.91 Å². The molecule has 8 heteroatoms. The molecule has 3 rings (SSSR count). The summed E-state index contributed by atoms with van der Waals surface area (Å²) in [6.45, 7) is 1.71. The van der Waals surface area contributed by atoms with Crippen LogP contribution < -0.4 is 5.32 Å². The van der Waals surface area contributed by atoms with E-state index in [1.165, 1.54) is 12.1 Å². The van der Waals surface area contributed by atoms with Gasteiger partial charge in [0.1, 0.15) is 6.29 Å². The van der Waals surface area contributed by atoms with E-state index in [9.17, 15) is 18.4 Å². The van der Waals surface area contributed by atoms with Crippen LogP contribution in [0.1, 0.15) is 49.7 Å². The van der Waals surface area contributed by atoms with Gasteiger partial charge in [-0.3, -0.25) is 9.59 Å². The van der Waals surface area contributed by atoms with E-state index in [1.54, 1.807) is 23.1 Å². The van der Waals surface area contributed by atoms with Gasteiger partial charge in [0.05, 0.1) is 12.0 Å². The molecule has 0 radical (unpaired) electrons. The van der Waals surface area contributed by atoms with Crippen molar-refractivity contribution >= 4 is 12.2 Å². The quantitative estimate of drug-likeness (QED) is 0.233. The monoisotopic (exact) mass is 486 g/mol. The van der Waals surface area contributed by atoms with Crippen molar-refractivity contribution in [1.82, 2.24) is 15.1 Å². The molecule has 2 fully saturated rings. The molecule has 1 aliphatic carbocycles. The molecule has 0 bridgehead atoms. The van der Waals surface area contributed by atoms with Gasteiger partial charge in [-0.2, -0.15) is 5.26 Å². The Labute approximate surface area is 207 Å². The lowest BCUT2D eigenvalue weighted by Gasteiger charge is -2.30. The number of nitrogens with one attached hydrogen (secondary N) is 1. The molecule has 0 aromatic heterocycles. The topological polar surface area (TPSA) is 76.4 Å². The first-order chi connectivity index (χ1) is 16.9. The van der Waals surface area contributed by atoms with Crippen LogP contribution in [0.15, 0.2) is 36.6 Å². The van der Waals surface area contributed by atoms with Crippen LogP contribution in [0.3, 0.4) is 0 Å². The van der Waals surface area contributed by atoms with E-state index in [-0.39, 0.29) is 30.0 Å². The Morgan fingerprint density at radius 2 is 1.97 bits per heavy atom. The molecule has 1 unspecified atom stereocenters. The number of amides is 1. The van der Waals surface area contributed by atoms with Crippen molar-refractivity contribution in [3.8, 4) is 6.07 Å². The first-order valence-electron chi connectivity index (χ1n) is 12.2. The first-order valence-corrected chi connectivity index (χ1v) is 12.2. The van der Waals surface area contributed by atoms with Crippen molar-refractivity contribution in [2.24, 2.45) is 5.92 Å². The summed E-state index contributed by atoms with van der Waals surface area (Å²) in [5.74, 6) is -1.77. The summed E-state index contributed by atoms with van der Waals surface area (Å²) in [7, 11) is 3.84. The fraction of sp³-hybridized carbons (Fsp3) is 0.519. The summed E-state index contributed by atoms with van der Waals surface area (Å²) in [6, 6.07) is 5.06. The molecule has 1 aromatic rings. The van der Waals surface area contributed by atoms with Gasteiger partial charge in [0.25, 0.3) is 0 Å². The lowest BCUT2D eigenvalue weighted by atomic mass is 9.97. The Balaban J connectivity index is 0.000000410. The summed E-state index contributed by atoms with van der Waals surface area (Å²) >= 11 is 0. The lowest BCUT2D eigenvalue weighted by molar-refractivity contribution is -0.137. The minimum Gasteiger partial charge on any atom is -0.383 e. The van der Waals surface area contributed by atoms with E-state index < -0.39 is 11.6 Å². The predicted molar refractivity (Wildman–Crippen MR) is 132 cm³/mol. The zero-order chi connectivity index (χ0) is 25.6. The molecule has 1 amide bonds. The van der Waals surface area contributed by atoms with Crippen molar-refractivity contribution in [1.29, 1.82) is 5.26 Å². The Hall–Kier alpha value is -3.05. The highest BCUT2D eigenvalue weighted by molar-refractivity contribution is 5.80. The Kier molecular flexibility index (Phi) is 12.1. The molecule has 0 spiro atoms. The molecule has 1 saturated heterocycles. The summed E-state index contributed by atoms with van der Waals surface area (Å²) in [5.41, 5.74) is 0.914. The average Bonchev–Trinajstić information content (AvgIpc) is 3.69. The van der Waals surface area contributed by atoms with E-state index in [4.69, 9.17) is 5.26 Å². The third-order valence-corrected chi connectivity index (χ3v) is 5.86. The van der Waals surface area contributed by atoms with Crippen LogP contribution in [0.4, 0.5) is 8.78 Å². The minimum absolute atomic E-state index is 0.0504. The second-order valence-corrected chi connectivity index (χ2v) is 9.13. The third kappa shape index (κ3) is 9.99. The van der Waals surface area contributed by atoms with Gasteiger partial charge < -0.3 is 15.1 Å². The number of rotatable bonds is 10. The Morgan fingerprint density at radius 3 is 2.57 bits per heavy atom. The molecule has 1 heterocycles. The summed E-state index contributed by atoms with van der Waals surface area (Å²) < 4.78 is 28.4. The molecule has 1 atom stereocenters. The van der Waals surface area contributed by atoms with Crippen molar-refractivity contribution in [2.75, 3.05) is 27.2 Å². The number of halogens is 2. The summed E-state index contributed by atoms with van der Waals surface area (Å²) in [5, 5.41) is 11.9. The first kappa shape index (κ1) is 28.2. The van der Waals surface area contributed by atoms with Gasteiger partial charge in [-0.25, -0.2) is 8.78 Å². The number of aldehydes is 1. The minimum atomic E-state index is -0.878. The second kappa shape index (κ2) is 15.0. The maximum atomic E-state index is 14.3. The average molecular weight is 487 g/mol. The highest BCUT2D eigenvalue weighted by Crippen LogP contribution is 2.32. The Bertz CT molecular complexity index is 930. The van der Waals surface area contributed by atoms with E-state index in [1.807, 2.05) is 25.2 Å². The van der Waals surface area contributed by atoms with Crippen LogP contribution in [0.5, 0.6) is 0 Å². The largest absolute Gasteiger partial charge is 0.383 e. The van der Waals surface area contributed by atoms with Crippen molar-refractivity contribution in [3.05, 3.63) is 59.3 Å². The normalized spacial score (nSPS) is 17.5. The van der Waals surface area contributed by atoms with Crippen molar-refractivity contribution < 1.29 is 18.4 Å². The van der Waals surface area contributed by atoms with Crippen LogP contribution in [-0.4, -0.2) is 55.2 Å². The number of carbonyl (C=O) groups excluding carboxylic acids is 2. The third-order valence-electron chi connectivity index (χ3n) is 5.86. The number of nitrogens with zero attached hydrogens (tertiary/aromatic N) is 3. The van der Waals surface area contributed by atoms with Crippen LogP contribution in [0, 0.1) is 28.9 Å². The predicted octanol–water partition coefficient (Wildman–Crippen LogP) is 4.12. The highest BCUT2D eigenvalue weighted by atomic mass is 19.2. The number of hydrogen-bond donors (Lipinski definition) is 1. The number of allylic oxidation sites excluding steroid dienone is 3. The van der Waals surface area contributed by atoms with E-state index in [0.717, 1.165) is 38.5 Å². The fourth-order valence-corrected chi connectivity index (χ4v) is 3.92. The van der Waals surface area contributed by atoms with Gasteiger partial charge in [-0.05, 0) is 75.1 Å². The standard InChI is InChI=1S/C20H25F2N3O.C7H11NO/c21-18-11-14(4-1-2-8-23)10-16(19(18)22)13-25(17-6-7-17)20(26)15-5-3-9-24-12-15;1-8(2)6-4-3-5-7-9/h10-11,15,17,24H,1-7,9,12-13H2;3-7H,1-2H3/b;5-3-,6-4-. The molecular formula is C27H36F2N4O2. The molecule has 1 aromatic carbocycles. The van der Waals surface area contributed by atoms with Crippen molar-refractivity contribution in [2.45, 2.75) is 57.5 Å². The van der Waals surface area contributed by atoms with Crippen LogP contribution in [-0.2, 0) is 22.6 Å². The molecule has 35 heavy (non-hydrogen) atoms. The van der Waals surface area contributed by atoms with E-state index >= 15 is 0 Å². The molecule has 1 saturated carbocycles. The lowest BCUT2D eigenvalue weighted by Crippen LogP contribution is -2.43. The van der Waals surface area contributed by atoms with Crippen LogP contribution >= 0.6 is 0 Å². The van der Waals surface area contributed by atoms with Gasteiger partial charge in [-0.1, -0.05) is 12.1 Å². The van der Waals surface area contributed by atoms with E-state index in [2.05, 4.69) is 11.4 Å². The molecule has 2 aliphatic rings. The van der Waals surface area contributed by atoms with E-state index in [0.29, 0.717) is 31.4 Å². The van der Waals surface area contributed by atoms with Gasteiger partial charge in [0, 0.05) is 45.2 Å². The summed E-state index contributed by atoms with van der Waals surface area (Å²) in [4.78, 5) is 26.3. The zero-order valence-electron chi connectivity index (χ0n) is 20.7. The van der Waals surface area contributed by atoms with Gasteiger partial charge in [-0.15, -0.1) is 0 Å². The molecule has 1 aliphatic heterocycles. The molecular weight excluding hydrogens is 450 g/mol. The molecule has 1 N–H and O–H groups in total. The maximum absolute atomic E-state index is 14.3. The highest BCUT2D eigenvalue weighted by Gasteiger charge is 2.36. The second-order valence-electron chi connectivity index (χ2n) is 9.13. The number of piperidine rings is 1. The zero-order valence-corrected chi connectivity index (χ0v) is 20.7. The smallest absolute Gasteiger partial charge is 0.227 e. The number of hydrogen-bond acceptors (Lipinski definition) is 5. The SMILES string of the molecule is CN(C)/C=C\C=C/C=O.N#CCCCc1cc(F)c(F)c(CN(C(=O)C2CCCNC2)C2CC2)c1. The number of nitriles is 1. The maximum Gasteiger partial charge on any atom is 0.227 e. The number of aryl methyl sites for hydroxylation is 1. The molecule has 190 valence electrons. The number of carbonyl (C=O) groups is 2. The van der Waals surface area contributed by atoms with Gasteiger partial charge >= 0.3 is 0 Å². The Morgan fingerprint density at radius 1 is 1.20 bits per heavy atom. The van der Waals surface area contributed by atoms with Crippen LogP contribution in [0.25, 0.3) is 0 Å². The van der Waals surface area contributed by atoms with Crippen LogP contribution in [0.2, 0.25) is 0 Å².